The molecule has 1 heterocycles. The van der Waals surface area contributed by atoms with E-state index in [9.17, 15) is 4.79 Å². The van der Waals surface area contributed by atoms with E-state index in [0.717, 1.165) is 12.4 Å². The van der Waals surface area contributed by atoms with Crippen molar-refractivity contribution in [3.63, 3.8) is 0 Å². The van der Waals surface area contributed by atoms with Crippen LogP contribution in [0.2, 0.25) is 0 Å². The summed E-state index contributed by atoms with van der Waals surface area (Å²) >= 11 is 0. The van der Waals surface area contributed by atoms with Crippen LogP contribution in [0, 0.1) is 0 Å². The molecule has 0 fully saturated rings. The minimum atomic E-state index is -0.0845. The highest BCUT2D eigenvalue weighted by Crippen LogP contribution is 2.14. The van der Waals surface area contributed by atoms with Crippen molar-refractivity contribution in [2.45, 2.75) is 39.8 Å². The van der Waals surface area contributed by atoms with Gasteiger partial charge >= 0.3 is 0 Å². The van der Waals surface area contributed by atoms with E-state index < -0.39 is 0 Å². The second-order valence-corrected chi connectivity index (χ2v) is 5.18. The number of likely N-dealkylation sites (N-methyl/N-ethyl adjacent to an activating group) is 1. The highest BCUT2D eigenvalue weighted by atomic mass is 16.1. The minimum Gasteiger partial charge on any atom is -0.354 e. The molecule has 0 aliphatic rings. The average molecular weight is 278 g/mol. The SMILES string of the molecule is CCN(c1ccc(C(=O)NCC(C)NC)cn1)C(C)C. The molecule has 0 spiro atoms. The predicted molar refractivity (Wildman–Crippen MR) is 83.2 cm³/mol. The van der Waals surface area contributed by atoms with Crippen LogP contribution < -0.4 is 15.5 Å². The van der Waals surface area contributed by atoms with Gasteiger partial charge in [-0.25, -0.2) is 4.98 Å². The molecule has 0 saturated heterocycles. The smallest absolute Gasteiger partial charge is 0.252 e. The van der Waals surface area contributed by atoms with Crippen LogP contribution in [0.25, 0.3) is 0 Å². The number of pyridine rings is 1. The number of carbonyl (C=O) groups excluding carboxylic acids is 1. The van der Waals surface area contributed by atoms with Gasteiger partial charge in [-0.05, 0) is 46.9 Å². The molecular weight excluding hydrogens is 252 g/mol. The average Bonchev–Trinajstić information content (AvgIpc) is 2.45. The van der Waals surface area contributed by atoms with Gasteiger partial charge in [0.15, 0.2) is 0 Å². The minimum absolute atomic E-state index is 0.0845. The van der Waals surface area contributed by atoms with Crippen molar-refractivity contribution in [2.24, 2.45) is 0 Å². The van der Waals surface area contributed by atoms with E-state index >= 15 is 0 Å². The Balaban J connectivity index is 2.68. The van der Waals surface area contributed by atoms with E-state index in [4.69, 9.17) is 0 Å². The lowest BCUT2D eigenvalue weighted by Crippen LogP contribution is -2.37. The molecule has 0 radical (unpaired) electrons. The van der Waals surface area contributed by atoms with E-state index in [2.05, 4.69) is 41.3 Å². The lowest BCUT2D eigenvalue weighted by Gasteiger charge is -2.26. The van der Waals surface area contributed by atoms with Gasteiger partial charge in [0, 0.05) is 31.4 Å². The van der Waals surface area contributed by atoms with Crippen LogP contribution in [0.15, 0.2) is 18.3 Å². The second-order valence-electron chi connectivity index (χ2n) is 5.18. The Morgan fingerprint density at radius 1 is 1.35 bits per heavy atom. The van der Waals surface area contributed by atoms with E-state index in [-0.39, 0.29) is 11.9 Å². The molecule has 20 heavy (non-hydrogen) atoms. The lowest BCUT2D eigenvalue weighted by molar-refractivity contribution is 0.0950. The van der Waals surface area contributed by atoms with Crippen molar-refractivity contribution >= 4 is 11.7 Å². The third-order valence-corrected chi connectivity index (χ3v) is 3.33. The number of nitrogens with zero attached hydrogens (tertiary/aromatic N) is 2. The topological polar surface area (TPSA) is 57.3 Å². The summed E-state index contributed by atoms with van der Waals surface area (Å²) < 4.78 is 0. The number of anilines is 1. The zero-order valence-electron chi connectivity index (χ0n) is 13.1. The summed E-state index contributed by atoms with van der Waals surface area (Å²) in [6.07, 6.45) is 1.64. The molecule has 5 heteroatoms. The maximum Gasteiger partial charge on any atom is 0.252 e. The molecule has 1 atom stereocenters. The summed E-state index contributed by atoms with van der Waals surface area (Å²) in [5.74, 6) is 0.821. The Kier molecular flexibility index (Phi) is 6.45. The first kappa shape index (κ1) is 16.4. The molecule has 0 aliphatic carbocycles. The van der Waals surface area contributed by atoms with Gasteiger partial charge in [0.25, 0.3) is 5.91 Å². The first-order chi connectivity index (χ1) is 9.49. The number of hydrogen-bond acceptors (Lipinski definition) is 4. The zero-order chi connectivity index (χ0) is 15.1. The van der Waals surface area contributed by atoms with Gasteiger partial charge in [-0.15, -0.1) is 0 Å². The molecule has 1 aromatic rings. The Hall–Kier alpha value is -1.62. The van der Waals surface area contributed by atoms with Crippen LogP contribution in [0.3, 0.4) is 0 Å². The number of rotatable bonds is 7. The number of hydrogen-bond donors (Lipinski definition) is 2. The molecule has 0 bridgehead atoms. The third-order valence-electron chi connectivity index (χ3n) is 3.33. The maximum absolute atomic E-state index is 12.0. The van der Waals surface area contributed by atoms with Crippen molar-refractivity contribution in [1.29, 1.82) is 0 Å². The molecule has 112 valence electrons. The number of amides is 1. The highest BCUT2D eigenvalue weighted by Gasteiger charge is 2.11. The Labute approximate surface area is 121 Å². The third kappa shape index (κ3) is 4.49. The fourth-order valence-electron chi connectivity index (χ4n) is 1.93. The number of nitrogens with one attached hydrogen (secondary N) is 2. The molecule has 2 N–H and O–H groups in total. The molecule has 1 rings (SSSR count). The second kappa shape index (κ2) is 7.85. The molecule has 0 saturated carbocycles. The van der Waals surface area contributed by atoms with Crippen LogP contribution in [-0.2, 0) is 0 Å². The molecule has 1 aromatic heterocycles. The van der Waals surface area contributed by atoms with Crippen molar-refractivity contribution in [3.05, 3.63) is 23.9 Å². The van der Waals surface area contributed by atoms with Gasteiger partial charge in [0.1, 0.15) is 5.82 Å². The maximum atomic E-state index is 12.0. The van der Waals surface area contributed by atoms with Crippen molar-refractivity contribution in [2.75, 3.05) is 25.0 Å². The Morgan fingerprint density at radius 2 is 2.05 bits per heavy atom. The molecule has 1 unspecified atom stereocenters. The summed E-state index contributed by atoms with van der Waals surface area (Å²) in [7, 11) is 1.87. The summed E-state index contributed by atoms with van der Waals surface area (Å²) in [4.78, 5) is 18.5. The van der Waals surface area contributed by atoms with Crippen LogP contribution in [-0.4, -0.2) is 43.1 Å². The van der Waals surface area contributed by atoms with Gasteiger partial charge in [0.05, 0.1) is 5.56 Å². The van der Waals surface area contributed by atoms with Crippen molar-refractivity contribution < 1.29 is 4.79 Å². The molecule has 5 nitrogen and oxygen atoms in total. The quantitative estimate of drug-likeness (QED) is 0.796. The van der Waals surface area contributed by atoms with E-state index in [1.54, 1.807) is 6.20 Å². The molecule has 1 amide bonds. The van der Waals surface area contributed by atoms with Crippen molar-refractivity contribution in [1.82, 2.24) is 15.6 Å². The first-order valence-corrected chi connectivity index (χ1v) is 7.17. The highest BCUT2D eigenvalue weighted by molar-refractivity contribution is 5.94. The largest absolute Gasteiger partial charge is 0.354 e. The van der Waals surface area contributed by atoms with Gasteiger partial charge in [-0.3, -0.25) is 4.79 Å². The number of aromatic nitrogens is 1. The van der Waals surface area contributed by atoms with Crippen LogP contribution in [0.5, 0.6) is 0 Å². The molecule has 0 aromatic carbocycles. The fraction of sp³-hybridized carbons (Fsp3) is 0.600. The predicted octanol–water partition coefficient (Wildman–Crippen LogP) is 1.65. The van der Waals surface area contributed by atoms with Crippen molar-refractivity contribution in [3.8, 4) is 0 Å². The van der Waals surface area contributed by atoms with E-state index in [1.807, 2.05) is 26.1 Å². The molecule has 0 aliphatic heterocycles. The van der Waals surface area contributed by atoms with Crippen LogP contribution in [0.4, 0.5) is 5.82 Å². The van der Waals surface area contributed by atoms with Gasteiger partial charge in [-0.2, -0.15) is 0 Å². The lowest BCUT2D eigenvalue weighted by atomic mass is 10.2. The van der Waals surface area contributed by atoms with E-state index in [0.29, 0.717) is 18.2 Å². The summed E-state index contributed by atoms with van der Waals surface area (Å²) in [5.41, 5.74) is 0.594. The number of carbonyl (C=O) groups is 1. The summed E-state index contributed by atoms with van der Waals surface area (Å²) in [6, 6.07) is 4.37. The monoisotopic (exact) mass is 278 g/mol. The normalized spacial score (nSPS) is 12.3. The van der Waals surface area contributed by atoms with E-state index in [1.165, 1.54) is 0 Å². The summed E-state index contributed by atoms with van der Waals surface area (Å²) in [6.45, 7) is 9.88. The summed E-state index contributed by atoms with van der Waals surface area (Å²) in [5, 5.41) is 5.96. The van der Waals surface area contributed by atoms with Gasteiger partial charge in [0.2, 0.25) is 0 Å². The zero-order valence-corrected chi connectivity index (χ0v) is 13.1. The first-order valence-electron chi connectivity index (χ1n) is 7.17. The fourth-order valence-corrected chi connectivity index (χ4v) is 1.93. The standard InChI is InChI=1S/C15H26N4O/c1-6-19(11(2)3)14-8-7-13(10-17-14)15(20)18-9-12(4)16-5/h7-8,10-12,16H,6,9H2,1-5H3,(H,18,20). The van der Waals surface area contributed by atoms with Crippen LogP contribution in [0.1, 0.15) is 38.1 Å². The Bertz CT molecular complexity index is 416. The van der Waals surface area contributed by atoms with Crippen LogP contribution >= 0.6 is 0 Å². The van der Waals surface area contributed by atoms with Gasteiger partial charge < -0.3 is 15.5 Å². The van der Waals surface area contributed by atoms with Gasteiger partial charge in [-0.1, -0.05) is 0 Å². The molecular formula is C15H26N4O. The Morgan fingerprint density at radius 3 is 2.50 bits per heavy atom.